The molecule has 0 spiro atoms. The lowest BCUT2D eigenvalue weighted by atomic mass is 9.90. The molecule has 1 aromatic carbocycles. The van der Waals surface area contributed by atoms with Crippen LogP contribution in [0.25, 0.3) is 11.0 Å². The highest BCUT2D eigenvalue weighted by Gasteiger charge is 2.37. The third-order valence-electron chi connectivity index (χ3n) is 5.05. The summed E-state index contributed by atoms with van der Waals surface area (Å²) in [7, 11) is 1.59. The number of rotatable bonds is 4. The SMILES string of the molecule is CN1C(=O)CC(C)(c2cc(CC(=O)c3cnc4ccccc4n3)ccn2)N=C1N. The van der Waals surface area contributed by atoms with Crippen molar-refractivity contribution in [3.63, 3.8) is 0 Å². The Morgan fingerprint density at radius 2 is 1.97 bits per heavy atom. The van der Waals surface area contributed by atoms with Crippen LogP contribution in [0.3, 0.4) is 0 Å². The molecular weight excluding hydrogens is 368 g/mol. The van der Waals surface area contributed by atoms with E-state index in [1.165, 1.54) is 11.1 Å². The first-order valence-electron chi connectivity index (χ1n) is 9.18. The monoisotopic (exact) mass is 388 g/mol. The summed E-state index contributed by atoms with van der Waals surface area (Å²) in [6.45, 7) is 1.81. The van der Waals surface area contributed by atoms with Gasteiger partial charge in [-0.1, -0.05) is 12.1 Å². The highest BCUT2D eigenvalue weighted by molar-refractivity contribution is 5.99. The van der Waals surface area contributed by atoms with E-state index in [0.29, 0.717) is 16.9 Å². The molecule has 1 aliphatic heterocycles. The molecule has 8 nitrogen and oxygen atoms in total. The number of nitrogens with zero attached hydrogens (tertiary/aromatic N) is 5. The number of para-hydroxylation sites is 2. The molecule has 8 heteroatoms. The van der Waals surface area contributed by atoms with E-state index in [4.69, 9.17) is 5.73 Å². The second-order valence-electron chi connectivity index (χ2n) is 7.27. The molecule has 1 unspecified atom stereocenters. The minimum atomic E-state index is -0.866. The van der Waals surface area contributed by atoms with Crippen molar-refractivity contribution in [3.05, 3.63) is 65.7 Å². The van der Waals surface area contributed by atoms with Gasteiger partial charge in [0.05, 0.1) is 29.3 Å². The summed E-state index contributed by atoms with van der Waals surface area (Å²) < 4.78 is 0. The third-order valence-corrected chi connectivity index (χ3v) is 5.05. The Bertz CT molecular complexity index is 1160. The van der Waals surface area contributed by atoms with Crippen molar-refractivity contribution in [3.8, 4) is 0 Å². The molecule has 1 amide bonds. The van der Waals surface area contributed by atoms with Crippen LogP contribution in [-0.2, 0) is 16.8 Å². The van der Waals surface area contributed by atoms with Crippen molar-refractivity contribution in [1.29, 1.82) is 0 Å². The maximum atomic E-state index is 12.7. The summed E-state index contributed by atoms with van der Waals surface area (Å²) in [6, 6.07) is 11.0. The number of hydrogen-bond donors (Lipinski definition) is 1. The second kappa shape index (κ2) is 7.05. The molecule has 0 aliphatic carbocycles. The summed E-state index contributed by atoms with van der Waals surface area (Å²) in [5.41, 5.74) is 8.10. The molecule has 0 saturated heterocycles. The number of fused-ring (bicyclic) bond motifs is 1. The second-order valence-corrected chi connectivity index (χ2v) is 7.27. The average Bonchev–Trinajstić information content (AvgIpc) is 2.72. The van der Waals surface area contributed by atoms with E-state index in [-0.39, 0.29) is 30.5 Å². The highest BCUT2D eigenvalue weighted by Crippen LogP contribution is 2.32. The number of benzene rings is 1. The van der Waals surface area contributed by atoms with Crippen LogP contribution in [0.5, 0.6) is 0 Å². The minimum Gasteiger partial charge on any atom is -0.369 e. The van der Waals surface area contributed by atoms with Gasteiger partial charge < -0.3 is 5.73 Å². The van der Waals surface area contributed by atoms with Gasteiger partial charge in [0.1, 0.15) is 11.2 Å². The van der Waals surface area contributed by atoms with Gasteiger partial charge in [0.15, 0.2) is 11.7 Å². The largest absolute Gasteiger partial charge is 0.369 e. The van der Waals surface area contributed by atoms with Gasteiger partial charge in [0.25, 0.3) is 0 Å². The smallest absolute Gasteiger partial charge is 0.231 e. The number of aromatic nitrogens is 3. The molecule has 0 bridgehead atoms. The van der Waals surface area contributed by atoms with Crippen LogP contribution in [0.1, 0.15) is 35.1 Å². The van der Waals surface area contributed by atoms with E-state index in [9.17, 15) is 9.59 Å². The van der Waals surface area contributed by atoms with Crippen molar-refractivity contribution in [2.24, 2.45) is 10.7 Å². The summed E-state index contributed by atoms with van der Waals surface area (Å²) in [5.74, 6) is -0.124. The number of ketones is 1. The number of guanidine groups is 1. The first-order chi connectivity index (χ1) is 13.9. The van der Waals surface area contributed by atoms with Gasteiger partial charge in [0, 0.05) is 19.7 Å². The van der Waals surface area contributed by atoms with Gasteiger partial charge in [-0.3, -0.25) is 24.5 Å². The molecule has 0 radical (unpaired) electrons. The number of amides is 1. The van der Waals surface area contributed by atoms with Gasteiger partial charge in [0.2, 0.25) is 5.91 Å². The summed E-state index contributed by atoms with van der Waals surface area (Å²) >= 11 is 0. The van der Waals surface area contributed by atoms with Crippen molar-refractivity contribution < 1.29 is 9.59 Å². The van der Waals surface area contributed by atoms with Crippen LogP contribution in [0, 0.1) is 0 Å². The standard InChI is InChI=1S/C21H20N6O2/c1-21(11-19(29)27(2)20(22)26-21)18-10-13(7-8-23-18)9-17(28)16-12-24-14-5-3-4-6-15(14)25-16/h3-8,10,12H,9,11H2,1-2H3,(H2,22,26). The molecule has 0 fully saturated rings. The topological polar surface area (TPSA) is 114 Å². The predicted octanol–water partition coefficient (Wildman–Crippen LogP) is 1.84. The van der Waals surface area contributed by atoms with Crippen molar-refractivity contribution in [2.45, 2.75) is 25.3 Å². The Kier molecular flexibility index (Phi) is 4.54. The maximum Gasteiger partial charge on any atom is 0.231 e. The average molecular weight is 388 g/mol. The van der Waals surface area contributed by atoms with E-state index in [1.54, 1.807) is 25.4 Å². The number of carbonyl (C=O) groups is 2. The van der Waals surface area contributed by atoms with E-state index in [2.05, 4.69) is 19.9 Å². The number of hydrogen-bond acceptors (Lipinski definition) is 7. The molecule has 1 aliphatic rings. The van der Waals surface area contributed by atoms with Crippen LogP contribution < -0.4 is 5.73 Å². The number of aliphatic imine (C=N–C) groups is 1. The molecule has 1 atom stereocenters. The lowest BCUT2D eigenvalue weighted by molar-refractivity contribution is -0.128. The molecule has 29 heavy (non-hydrogen) atoms. The normalized spacial score (nSPS) is 19.3. The Morgan fingerprint density at radius 1 is 1.21 bits per heavy atom. The van der Waals surface area contributed by atoms with Crippen LogP contribution in [0.2, 0.25) is 0 Å². The molecule has 2 N–H and O–H groups in total. The molecule has 3 heterocycles. The van der Waals surface area contributed by atoms with Gasteiger partial charge in [-0.15, -0.1) is 0 Å². The zero-order valence-corrected chi connectivity index (χ0v) is 16.2. The maximum absolute atomic E-state index is 12.7. The molecule has 146 valence electrons. The van der Waals surface area contributed by atoms with Crippen LogP contribution >= 0.6 is 0 Å². The zero-order valence-electron chi connectivity index (χ0n) is 16.2. The fraction of sp³-hybridized carbons (Fsp3) is 0.238. The van der Waals surface area contributed by atoms with Gasteiger partial charge in [-0.2, -0.15) is 0 Å². The number of carbonyl (C=O) groups excluding carboxylic acids is 2. The Balaban J connectivity index is 1.60. The quantitative estimate of drug-likeness (QED) is 0.682. The van der Waals surface area contributed by atoms with E-state index >= 15 is 0 Å². The molecule has 0 saturated carbocycles. The number of nitrogens with two attached hydrogens (primary N) is 1. The lowest BCUT2D eigenvalue weighted by Crippen LogP contribution is -2.47. The molecule has 2 aromatic heterocycles. The number of pyridine rings is 1. The first-order valence-corrected chi connectivity index (χ1v) is 9.18. The summed E-state index contributed by atoms with van der Waals surface area (Å²) in [4.78, 5) is 43.8. The predicted molar refractivity (Wildman–Crippen MR) is 108 cm³/mol. The fourth-order valence-corrected chi connectivity index (χ4v) is 3.30. The van der Waals surface area contributed by atoms with E-state index in [0.717, 1.165) is 11.1 Å². The zero-order chi connectivity index (χ0) is 20.6. The van der Waals surface area contributed by atoms with Crippen molar-refractivity contribution >= 4 is 28.7 Å². The van der Waals surface area contributed by atoms with Gasteiger partial charge in [-0.25, -0.2) is 9.98 Å². The van der Waals surface area contributed by atoms with Crippen molar-refractivity contribution in [1.82, 2.24) is 19.9 Å². The third kappa shape index (κ3) is 3.56. The van der Waals surface area contributed by atoms with E-state index < -0.39 is 5.54 Å². The summed E-state index contributed by atoms with van der Waals surface area (Å²) in [6.07, 6.45) is 3.41. The van der Waals surface area contributed by atoms with Crippen LogP contribution in [0.4, 0.5) is 0 Å². The minimum absolute atomic E-state index is 0.130. The molecular formula is C21H20N6O2. The van der Waals surface area contributed by atoms with Crippen LogP contribution in [0.15, 0.2) is 53.8 Å². The Hall–Kier alpha value is -3.68. The van der Waals surface area contributed by atoms with E-state index in [1.807, 2.05) is 31.2 Å². The first kappa shape index (κ1) is 18.7. The fourth-order valence-electron chi connectivity index (χ4n) is 3.30. The summed E-state index contributed by atoms with van der Waals surface area (Å²) in [5, 5.41) is 0. The van der Waals surface area contributed by atoms with Gasteiger partial charge in [-0.05, 0) is 36.8 Å². The molecule has 4 rings (SSSR count). The van der Waals surface area contributed by atoms with Crippen molar-refractivity contribution in [2.75, 3.05) is 7.05 Å². The van der Waals surface area contributed by atoms with Gasteiger partial charge >= 0.3 is 0 Å². The Labute approximate surface area is 167 Å². The molecule has 3 aromatic rings. The van der Waals surface area contributed by atoms with Crippen LogP contribution in [-0.4, -0.2) is 44.5 Å². The number of Topliss-reactive ketones (excluding diaryl/α,β-unsaturated/α-hetero) is 1. The highest BCUT2D eigenvalue weighted by atomic mass is 16.2. The lowest BCUT2D eigenvalue weighted by Gasteiger charge is -2.32. The Morgan fingerprint density at radius 3 is 2.72 bits per heavy atom.